The predicted molar refractivity (Wildman–Crippen MR) is 141 cm³/mol. The van der Waals surface area contributed by atoms with Crippen molar-refractivity contribution < 1.29 is 0 Å². The molecule has 0 saturated carbocycles. The Morgan fingerprint density at radius 3 is 1.69 bits per heavy atom. The van der Waals surface area contributed by atoms with Crippen LogP contribution in [-0.2, 0) is 12.8 Å². The molecular formula is C32H32. The summed E-state index contributed by atoms with van der Waals surface area (Å²) in [5, 5.41) is 8.44. The van der Waals surface area contributed by atoms with E-state index >= 15 is 0 Å². The Morgan fingerprint density at radius 2 is 1.00 bits per heavy atom. The second-order valence-corrected chi connectivity index (χ2v) is 9.34. The minimum absolute atomic E-state index is 1.25. The second kappa shape index (κ2) is 8.43. The van der Waals surface area contributed by atoms with Crippen LogP contribution in [0.5, 0.6) is 0 Å². The molecule has 0 aromatic heterocycles. The molecule has 32 heavy (non-hydrogen) atoms. The molecule has 0 fully saturated rings. The minimum Gasteiger partial charge on any atom is -0.0616 e. The molecule has 0 atom stereocenters. The molecule has 160 valence electrons. The van der Waals surface area contributed by atoms with Gasteiger partial charge in [0.05, 0.1) is 0 Å². The Hall–Kier alpha value is -3.12. The average Bonchev–Trinajstić information content (AvgIpc) is 2.86. The van der Waals surface area contributed by atoms with Gasteiger partial charge in [-0.25, -0.2) is 0 Å². The van der Waals surface area contributed by atoms with Gasteiger partial charge in [-0.1, -0.05) is 72.8 Å². The zero-order chi connectivity index (χ0) is 22.2. The summed E-state index contributed by atoms with van der Waals surface area (Å²) in [5.41, 5.74) is 8.88. The Balaban J connectivity index is 0.000000140. The summed E-state index contributed by atoms with van der Waals surface area (Å²) < 4.78 is 0. The molecule has 0 aliphatic heterocycles. The maximum absolute atomic E-state index is 2.35. The summed E-state index contributed by atoms with van der Waals surface area (Å²) in [6.45, 7) is 8.85. The zero-order valence-corrected chi connectivity index (χ0v) is 19.8. The van der Waals surface area contributed by atoms with Crippen molar-refractivity contribution in [2.24, 2.45) is 0 Å². The average molecular weight is 417 g/mol. The number of fused-ring (bicyclic) bond motifs is 6. The highest BCUT2D eigenvalue weighted by Gasteiger charge is 2.13. The molecular weight excluding hydrogens is 384 g/mol. The Morgan fingerprint density at radius 1 is 0.438 bits per heavy atom. The fourth-order valence-corrected chi connectivity index (χ4v) is 5.45. The third-order valence-corrected chi connectivity index (χ3v) is 7.68. The van der Waals surface area contributed by atoms with E-state index in [0.29, 0.717) is 0 Å². The normalized spacial score (nSPS) is 13.1. The molecule has 0 unspecified atom stereocenters. The molecule has 6 rings (SSSR count). The van der Waals surface area contributed by atoms with Crippen LogP contribution >= 0.6 is 0 Å². The van der Waals surface area contributed by atoms with Gasteiger partial charge in [0.25, 0.3) is 0 Å². The van der Waals surface area contributed by atoms with E-state index < -0.39 is 0 Å². The summed E-state index contributed by atoms with van der Waals surface area (Å²) in [7, 11) is 0. The van der Waals surface area contributed by atoms with E-state index in [2.05, 4.69) is 100 Å². The maximum Gasteiger partial charge on any atom is -0.0102 e. The van der Waals surface area contributed by atoms with Gasteiger partial charge in [0, 0.05) is 0 Å². The molecule has 5 aromatic carbocycles. The summed E-state index contributed by atoms with van der Waals surface area (Å²) in [6, 6.07) is 26.6. The van der Waals surface area contributed by atoms with Crippen LogP contribution < -0.4 is 0 Å². The highest BCUT2D eigenvalue weighted by Crippen LogP contribution is 2.33. The quantitative estimate of drug-likeness (QED) is 0.221. The summed E-state index contributed by atoms with van der Waals surface area (Å²) >= 11 is 0. The highest BCUT2D eigenvalue weighted by atomic mass is 14.2. The van der Waals surface area contributed by atoms with E-state index in [0.717, 1.165) is 0 Å². The predicted octanol–water partition coefficient (Wildman–Crippen LogP) is 8.95. The molecule has 0 amide bonds. The largest absolute Gasteiger partial charge is 0.0616 e. The van der Waals surface area contributed by atoms with Gasteiger partial charge in [-0.15, -0.1) is 0 Å². The number of hydrogen-bond acceptors (Lipinski definition) is 0. The fourth-order valence-electron chi connectivity index (χ4n) is 5.45. The van der Waals surface area contributed by atoms with E-state index in [-0.39, 0.29) is 0 Å². The van der Waals surface area contributed by atoms with Crippen molar-refractivity contribution in [3.05, 3.63) is 106 Å². The van der Waals surface area contributed by atoms with Gasteiger partial charge in [0.1, 0.15) is 0 Å². The van der Waals surface area contributed by atoms with E-state index in [9.17, 15) is 0 Å². The third kappa shape index (κ3) is 3.48. The monoisotopic (exact) mass is 416 g/mol. The van der Waals surface area contributed by atoms with Gasteiger partial charge in [-0.05, 0) is 119 Å². The lowest BCUT2D eigenvalue weighted by Gasteiger charge is -2.18. The number of benzene rings is 5. The van der Waals surface area contributed by atoms with Crippen LogP contribution in [0.2, 0.25) is 0 Å². The molecule has 0 saturated heterocycles. The number of rotatable bonds is 0. The Bertz CT molecular complexity index is 1410. The van der Waals surface area contributed by atoms with Gasteiger partial charge in [0.2, 0.25) is 0 Å². The van der Waals surface area contributed by atoms with E-state index in [1.807, 2.05) is 0 Å². The van der Waals surface area contributed by atoms with Crippen LogP contribution in [0.15, 0.2) is 72.8 Å². The molecule has 0 radical (unpaired) electrons. The summed E-state index contributed by atoms with van der Waals surface area (Å²) in [5.74, 6) is 0. The van der Waals surface area contributed by atoms with Gasteiger partial charge in [0.15, 0.2) is 0 Å². The molecule has 0 bridgehead atoms. The van der Waals surface area contributed by atoms with E-state index in [4.69, 9.17) is 0 Å². The van der Waals surface area contributed by atoms with E-state index in [1.165, 1.54) is 80.3 Å². The smallest absolute Gasteiger partial charge is 0.0102 e. The van der Waals surface area contributed by atoms with Crippen molar-refractivity contribution in [1.29, 1.82) is 0 Å². The van der Waals surface area contributed by atoms with E-state index in [1.54, 1.807) is 11.1 Å². The Labute approximate surface area is 191 Å². The third-order valence-electron chi connectivity index (χ3n) is 7.68. The van der Waals surface area contributed by atoms with Crippen LogP contribution in [0.3, 0.4) is 0 Å². The van der Waals surface area contributed by atoms with Gasteiger partial charge < -0.3 is 0 Å². The lowest BCUT2D eigenvalue weighted by Crippen LogP contribution is -2.02. The standard InChI is InChI=1S/C18H16.C14H16/c1-3-7-15-13(5-1)9-11-18-16-8-4-2-6-14(16)10-12-17(15)18;1-9-10(2)12(4)14-8-6-5-7-13(14)11(9)3/h1,3,5,7,9-12H,2,4,6,8H2;5-8H,1-4H3. The molecule has 0 N–H and O–H groups in total. The topological polar surface area (TPSA) is 0 Å². The Kier molecular flexibility index (Phi) is 5.47. The van der Waals surface area contributed by atoms with Gasteiger partial charge >= 0.3 is 0 Å². The first kappa shape index (κ1) is 20.8. The maximum atomic E-state index is 2.35. The first-order valence-corrected chi connectivity index (χ1v) is 11.9. The molecule has 0 spiro atoms. The first-order chi connectivity index (χ1) is 15.6. The number of hydrogen-bond donors (Lipinski definition) is 0. The van der Waals surface area contributed by atoms with Crippen molar-refractivity contribution in [1.82, 2.24) is 0 Å². The van der Waals surface area contributed by atoms with Crippen molar-refractivity contribution in [2.75, 3.05) is 0 Å². The van der Waals surface area contributed by atoms with Crippen LogP contribution in [0.4, 0.5) is 0 Å². The molecule has 1 aliphatic carbocycles. The lowest BCUT2D eigenvalue weighted by molar-refractivity contribution is 0.690. The second-order valence-electron chi connectivity index (χ2n) is 9.34. The van der Waals surface area contributed by atoms with Gasteiger partial charge in [-0.3, -0.25) is 0 Å². The molecule has 0 nitrogen and oxygen atoms in total. The molecule has 0 heterocycles. The van der Waals surface area contributed by atoms with Crippen molar-refractivity contribution in [3.63, 3.8) is 0 Å². The number of aryl methyl sites for hydroxylation is 4. The molecule has 1 aliphatic rings. The van der Waals surface area contributed by atoms with Crippen LogP contribution in [-0.4, -0.2) is 0 Å². The molecule has 5 aromatic rings. The summed E-state index contributed by atoms with van der Waals surface area (Å²) in [4.78, 5) is 0. The SMILES string of the molecule is Cc1c(C)c(C)c2ccccc2c1C.c1ccc2c(c1)ccc1c3c(ccc12)CCCC3. The molecule has 0 heteroatoms. The highest BCUT2D eigenvalue weighted by molar-refractivity contribution is 6.08. The lowest BCUT2D eigenvalue weighted by atomic mass is 9.86. The van der Waals surface area contributed by atoms with Crippen molar-refractivity contribution in [2.45, 2.75) is 53.4 Å². The van der Waals surface area contributed by atoms with Crippen LogP contribution in [0.25, 0.3) is 32.3 Å². The minimum atomic E-state index is 1.25. The first-order valence-electron chi connectivity index (χ1n) is 11.9. The van der Waals surface area contributed by atoms with Gasteiger partial charge in [-0.2, -0.15) is 0 Å². The van der Waals surface area contributed by atoms with Crippen LogP contribution in [0, 0.1) is 27.7 Å². The van der Waals surface area contributed by atoms with Crippen molar-refractivity contribution in [3.8, 4) is 0 Å². The summed E-state index contributed by atoms with van der Waals surface area (Å²) in [6.07, 6.45) is 5.22. The fraction of sp³-hybridized carbons (Fsp3) is 0.250. The van der Waals surface area contributed by atoms with Crippen LogP contribution in [0.1, 0.15) is 46.2 Å². The van der Waals surface area contributed by atoms with Crippen molar-refractivity contribution >= 4 is 32.3 Å². The zero-order valence-electron chi connectivity index (χ0n) is 19.8.